The van der Waals surface area contributed by atoms with Gasteiger partial charge in [0.1, 0.15) is 11.7 Å². The van der Waals surface area contributed by atoms with Crippen LogP contribution >= 0.6 is 0 Å². The van der Waals surface area contributed by atoms with E-state index in [2.05, 4.69) is 10.1 Å². The topological polar surface area (TPSA) is 119 Å². The van der Waals surface area contributed by atoms with Gasteiger partial charge in [0.25, 0.3) is 11.5 Å². The van der Waals surface area contributed by atoms with Crippen LogP contribution in [-0.2, 0) is 13.6 Å². The predicted molar refractivity (Wildman–Crippen MR) is 129 cm³/mol. The van der Waals surface area contributed by atoms with Crippen molar-refractivity contribution in [2.75, 3.05) is 18.8 Å². The summed E-state index contributed by atoms with van der Waals surface area (Å²) in [7, 11) is 1.73. The second-order valence-corrected chi connectivity index (χ2v) is 8.86. The average molecular weight is 459 g/mol. The van der Waals surface area contributed by atoms with Crippen LogP contribution in [0.1, 0.15) is 23.2 Å². The molecule has 3 N–H and O–H groups in total. The minimum atomic E-state index is -1.09. The summed E-state index contributed by atoms with van der Waals surface area (Å²) in [6, 6.07) is 15.0. The molecule has 2 aromatic heterocycles. The largest absolute Gasteiger partial charge is 0.398 e. The minimum Gasteiger partial charge on any atom is -0.398 e. The molecule has 9 nitrogen and oxygen atoms in total. The Morgan fingerprint density at radius 3 is 2.53 bits per heavy atom. The van der Waals surface area contributed by atoms with Gasteiger partial charge in [-0.25, -0.2) is 4.98 Å². The van der Waals surface area contributed by atoms with E-state index in [1.165, 1.54) is 17.1 Å². The first-order chi connectivity index (χ1) is 16.3. The van der Waals surface area contributed by atoms with Crippen LogP contribution in [0.5, 0.6) is 0 Å². The molecule has 3 heterocycles. The molecule has 9 heteroatoms. The van der Waals surface area contributed by atoms with Crippen LogP contribution in [0.25, 0.3) is 22.2 Å². The fraction of sp³-hybridized carbons (Fsp3) is 0.280. The fourth-order valence-corrected chi connectivity index (χ4v) is 4.52. The number of rotatable bonds is 4. The number of amides is 1. The lowest BCUT2D eigenvalue weighted by Crippen LogP contribution is -2.49. The lowest BCUT2D eigenvalue weighted by molar-refractivity contribution is -0.0299. The molecule has 1 saturated heterocycles. The molecule has 0 bridgehead atoms. The van der Waals surface area contributed by atoms with E-state index < -0.39 is 5.60 Å². The summed E-state index contributed by atoms with van der Waals surface area (Å²) in [6.45, 7) is 0.930. The van der Waals surface area contributed by atoms with Gasteiger partial charge in [-0.2, -0.15) is 5.10 Å². The lowest BCUT2D eigenvalue weighted by Gasteiger charge is -2.38. The molecule has 174 valence electrons. The van der Waals surface area contributed by atoms with Crippen LogP contribution in [0.2, 0.25) is 0 Å². The highest BCUT2D eigenvalue weighted by molar-refractivity contribution is 5.95. The molecule has 1 fully saturated rings. The van der Waals surface area contributed by atoms with Crippen LogP contribution in [-0.4, -0.2) is 53.9 Å². The number of anilines is 1. The van der Waals surface area contributed by atoms with E-state index in [0.29, 0.717) is 48.2 Å². The Bertz CT molecular complexity index is 1410. The van der Waals surface area contributed by atoms with Gasteiger partial charge in [0, 0.05) is 37.0 Å². The highest BCUT2D eigenvalue weighted by Gasteiger charge is 2.35. The summed E-state index contributed by atoms with van der Waals surface area (Å²) in [5.74, 6) is -0.0785. The molecule has 0 unspecified atom stereocenters. The zero-order chi connectivity index (χ0) is 23.9. The Kier molecular flexibility index (Phi) is 5.41. The van der Waals surface area contributed by atoms with Crippen molar-refractivity contribution in [1.29, 1.82) is 0 Å². The maximum Gasteiger partial charge on any atom is 0.264 e. The van der Waals surface area contributed by atoms with E-state index in [9.17, 15) is 14.7 Å². The van der Waals surface area contributed by atoms with Crippen LogP contribution in [0.4, 0.5) is 5.69 Å². The van der Waals surface area contributed by atoms with Crippen molar-refractivity contribution in [1.82, 2.24) is 24.2 Å². The number of aliphatic hydroxyl groups is 1. The van der Waals surface area contributed by atoms with Crippen molar-refractivity contribution >= 4 is 22.6 Å². The monoisotopic (exact) mass is 458 g/mol. The number of fused-ring (bicyclic) bond motifs is 1. The molecule has 5 rings (SSSR count). The van der Waals surface area contributed by atoms with Gasteiger partial charge in [-0.1, -0.05) is 30.3 Å². The summed E-state index contributed by atoms with van der Waals surface area (Å²) in [5.41, 5.74) is 8.40. The van der Waals surface area contributed by atoms with Crippen molar-refractivity contribution in [3.05, 3.63) is 77.0 Å². The average Bonchev–Trinajstić information content (AvgIpc) is 3.23. The molecule has 2 aromatic carbocycles. The summed E-state index contributed by atoms with van der Waals surface area (Å²) in [6.07, 6.45) is 3.68. The van der Waals surface area contributed by atoms with E-state index in [4.69, 9.17) is 5.73 Å². The number of aryl methyl sites for hydroxylation is 1. The molecule has 0 radical (unpaired) electrons. The maximum absolute atomic E-state index is 13.0. The van der Waals surface area contributed by atoms with Gasteiger partial charge in [-0.3, -0.25) is 18.8 Å². The number of nitrogens with zero attached hydrogens (tertiary/aromatic N) is 5. The standard InChI is InChI=1S/C25H26N6O3/c1-29-22-20(14-28-29)24(33)31(16-27-22)15-25(34)10-12-30(13-11-25)23(32)18-8-6-17(7-9-18)19-4-2-3-5-21(19)26/h2-9,14,16,34H,10-13,15,26H2,1H3. The van der Waals surface area contributed by atoms with Gasteiger partial charge in [-0.05, 0) is 36.6 Å². The zero-order valence-corrected chi connectivity index (χ0v) is 18.9. The van der Waals surface area contributed by atoms with Crippen molar-refractivity contribution in [3.63, 3.8) is 0 Å². The molecule has 34 heavy (non-hydrogen) atoms. The van der Waals surface area contributed by atoms with E-state index in [1.807, 2.05) is 36.4 Å². The number of nitrogens with two attached hydrogens (primary N) is 1. The molecule has 0 saturated carbocycles. The molecular weight excluding hydrogens is 432 g/mol. The maximum atomic E-state index is 13.0. The number of hydrogen-bond acceptors (Lipinski definition) is 6. The van der Waals surface area contributed by atoms with Crippen molar-refractivity contribution in [2.24, 2.45) is 7.05 Å². The molecule has 0 atom stereocenters. The molecule has 1 aliphatic heterocycles. The van der Waals surface area contributed by atoms with E-state index in [1.54, 1.807) is 28.8 Å². The first-order valence-corrected chi connectivity index (χ1v) is 11.2. The number of aromatic nitrogens is 4. The van der Waals surface area contributed by atoms with E-state index in [-0.39, 0.29) is 18.0 Å². The van der Waals surface area contributed by atoms with Crippen LogP contribution in [0.3, 0.4) is 0 Å². The number of para-hydroxylation sites is 1. The predicted octanol–water partition coefficient (Wildman–Crippen LogP) is 2.05. The molecule has 0 spiro atoms. The Labute approximate surface area is 196 Å². The number of piperidine rings is 1. The number of likely N-dealkylation sites (tertiary alicyclic amines) is 1. The number of hydrogen-bond donors (Lipinski definition) is 2. The number of carbonyl (C=O) groups is 1. The molecule has 1 aliphatic rings. The Hall–Kier alpha value is -3.98. The summed E-state index contributed by atoms with van der Waals surface area (Å²) >= 11 is 0. The number of benzene rings is 2. The third-order valence-electron chi connectivity index (χ3n) is 6.57. The molecule has 4 aromatic rings. The minimum absolute atomic E-state index is 0.0785. The van der Waals surface area contributed by atoms with E-state index in [0.717, 1.165) is 11.1 Å². The second kappa shape index (κ2) is 8.42. The van der Waals surface area contributed by atoms with Crippen molar-refractivity contribution in [2.45, 2.75) is 25.0 Å². The van der Waals surface area contributed by atoms with Crippen LogP contribution in [0.15, 0.2) is 65.8 Å². The van der Waals surface area contributed by atoms with Gasteiger partial charge in [0.2, 0.25) is 0 Å². The summed E-state index contributed by atoms with van der Waals surface area (Å²) < 4.78 is 2.97. The highest BCUT2D eigenvalue weighted by Crippen LogP contribution is 2.28. The Balaban J connectivity index is 1.26. The van der Waals surface area contributed by atoms with Gasteiger partial charge in [0.05, 0.1) is 18.3 Å². The first-order valence-electron chi connectivity index (χ1n) is 11.2. The number of nitrogen functional groups attached to an aromatic ring is 1. The molecule has 0 aliphatic carbocycles. The smallest absolute Gasteiger partial charge is 0.264 e. The van der Waals surface area contributed by atoms with Crippen molar-refractivity contribution < 1.29 is 9.90 Å². The van der Waals surface area contributed by atoms with Gasteiger partial charge >= 0.3 is 0 Å². The lowest BCUT2D eigenvalue weighted by atomic mass is 9.90. The van der Waals surface area contributed by atoms with Gasteiger partial charge in [-0.15, -0.1) is 0 Å². The Morgan fingerprint density at radius 2 is 1.82 bits per heavy atom. The highest BCUT2D eigenvalue weighted by atomic mass is 16.3. The summed E-state index contributed by atoms with van der Waals surface area (Å²) in [4.78, 5) is 31.8. The summed E-state index contributed by atoms with van der Waals surface area (Å²) in [5, 5.41) is 15.6. The second-order valence-electron chi connectivity index (χ2n) is 8.86. The SMILES string of the molecule is Cn1ncc2c(=O)n(CC3(O)CCN(C(=O)c4ccc(-c5ccccc5N)cc4)CC3)cnc21. The van der Waals surface area contributed by atoms with Gasteiger partial charge in [0.15, 0.2) is 5.65 Å². The van der Waals surface area contributed by atoms with Crippen molar-refractivity contribution in [3.8, 4) is 11.1 Å². The van der Waals surface area contributed by atoms with Crippen LogP contribution in [0, 0.1) is 0 Å². The quantitative estimate of drug-likeness (QED) is 0.452. The fourth-order valence-electron chi connectivity index (χ4n) is 4.52. The third kappa shape index (κ3) is 3.94. The van der Waals surface area contributed by atoms with Gasteiger partial charge < -0.3 is 15.7 Å². The first kappa shape index (κ1) is 21.8. The number of carbonyl (C=O) groups excluding carboxylic acids is 1. The zero-order valence-electron chi connectivity index (χ0n) is 18.9. The van der Waals surface area contributed by atoms with E-state index >= 15 is 0 Å². The molecular formula is C25H26N6O3. The Morgan fingerprint density at radius 1 is 1.12 bits per heavy atom. The third-order valence-corrected chi connectivity index (χ3v) is 6.57. The normalized spacial score (nSPS) is 15.5. The van der Waals surface area contributed by atoms with Crippen LogP contribution < -0.4 is 11.3 Å². The molecule has 1 amide bonds.